The van der Waals surface area contributed by atoms with Crippen LogP contribution in [0.15, 0.2) is 23.1 Å². The third kappa shape index (κ3) is 3.73. The molecule has 1 aromatic rings. The number of nitrogens with two attached hydrogens (primary N) is 1. The Hall–Kier alpha value is -0.620. The topological polar surface area (TPSA) is 72.2 Å². The van der Waals surface area contributed by atoms with Crippen LogP contribution >= 0.6 is 11.6 Å². The van der Waals surface area contributed by atoms with Crippen LogP contribution in [0.5, 0.6) is 0 Å². The van der Waals surface area contributed by atoms with E-state index in [2.05, 4.69) is 4.72 Å². The van der Waals surface area contributed by atoms with Crippen molar-refractivity contribution in [2.75, 3.05) is 6.54 Å². The molecule has 1 atom stereocenters. The SMILES string of the molecule is CC(C)c1ccc(Cl)c(S(=O)(=O)NCC(N)C2CC2)c1. The van der Waals surface area contributed by atoms with Gasteiger partial charge >= 0.3 is 0 Å². The van der Waals surface area contributed by atoms with Crippen molar-refractivity contribution < 1.29 is 8.42 Å². The van der Waals surface area contributed by atoms with E-state index in [9.17, 15) is 8.42 Å². The maximum Gasteiger partial charge on any atom is 0.242 e. The van der Waals surface area contributed by atoms with Gasteiger partial charge in [-0.3, -0.25) is 0 Å². The van der Waals surface area contributed by atoms with Gasteiger partial charge in [-0.05, 0) is 42.4 Å². The van der Waals surface area contributed by atoms with Crippen molar-refractivity contribution in [3.8, 4) is 0 Å². The zero-order valence-corrected chi connectivity index (χ0v) is 13.3. The molecule has 1 saturated carbocycles. The Morgan fingerprint density at radius 3 is 2.60 bits per heavy atom. The van der Waals surface area contributed by atoms with E-state index in [1.807, 2.05) is 19.9 Å². The van der Waals surface area contributed by atoms with Gasteiger partial charge in [0.15, 0.2) is 0 Å². The summed E-state index contributed by atoms with van der Waals surface area (Å²) in [7, 11) is -3.61. The van der Waals surface area contributed by atoms with Crippen LogP contribution in [0.2, 0.25) is 5.02 Å². The van der Waals surface area contributed by atoms with E-state index >= 15 is 0 Å². The van der Waals surface area contributed by atoms with Gasteiger partial charge < -0.3 is 5.73 Å². The molecule has 0 aliphatic heterocycles. The second-order valence-electron chi connectivity index (χ2n) is 5.70. The van der Waals surface area contributed by atoms with Gasteiger partial charge in [-0.1, -0.05) is 31.5 Å². The van der Waals surface area contributed by atoms with Crippen LogP contribution in [0.1, 0.15) is 38.2 Å². The van der Waals surface area contributed by atoms with Gasteiger partial charge in [0.05, 0.1) is 5.02 Å². The van der Waals surface area contributed by atoms with Gasteiger partial charge in [0.25, 0.3) is 0 Å². The summed E-state index contributed by atoms with van der Waals surface area (Å²) in [5.74, 6) is 0.699. The smallest absolute Gasteiger partial charge is 0.242 e. The molecule has 1 aliphatic carbocycles. The van der Waals surface area contributed by atoms with Crippen molar-refractivity contribution in [1.29, 1.82) is 0 Å². The average Bonchev–Trinajstić information content (AvgIpc) is 3.20. The molecule has 0 radical (unpaired) electrons. The molecule has 0 spiro atoms. The fourth-order valence-corrected chi connectivity index (χ4v) is 3.67. The van der Waals surface area contributed by atoms with Crippen LogP contribution < -0.4 is 10.5 Å². The average molecular weight is 317 g/mol. The molecular formula is C14H21ClN2O2S. The molecule has 0 saturated heterocycles. The molecule has 4 nitrogen and oxygen atoms in total. The van der Waals surface area contributed by atoms with Crippen LogP contribution in [0.3, 0.4) is 0 Å². The Morgan fingerprint density at radius 2 is 2.05 bits per heavy atom. The lowest BCUT2D eigenvalue weighted by molar-refractivity contribution is 0.547. The zero-order valence-electron chi connectivity index (χ0n) is 11.8. The molecule has 0 heterocycles. The standard InChI is InChI=1S/C14H21ClN2O2S/c1-9(2)11-5-6-12(15)14(7-11)20(18,19)17-8-13(16)10-3-4-10/h5-7,9-10,13,17H,3-4,8,16H2,1-2H3. The van der Waals surface area contributed by atoms with E-state index in [4.69, 9.17) is 17.3 Å². The number of sulfonamides is 1. The van der Waals surface area contributed by atoms with Crippen LogP contribution in [0.4, 0.5) is 0 Å². The van der Waals surface area contributed by atoms with E-state index in [-0.39, 0.29) is 28.4 Å². The molecule has 20 heavy (non-hydrogen) atoms. The summed E-state index contributed by atoms with van der Waals surface area (Å²) in [6, 6.07) is 5.00. The Labute approximate surface area is 125 Å². The van der Waals surface area contributed by atoms with Crippen molar-refractivity contribution in [3.63, 3.8) is 0 Å². The Bertz CT molecular complexity index is 583. The van der Waals surface area contributed by atoms with E-state index in [0.29, 0.717) is 5.92 Å². The highest BCUT2D eigenvalue weighted by atomic mass is 35.5. The van der Waals surface area contributed by atoms with Gasteiger partial charge in [-0.25, -0.2) is 13.1 Å². The number of nitrogens with one attached hydrogen (secondary N) is 1. The highest BCUT2D eigenvalue weighted by Gasteiger charge is 2.29. The largest absolute Gasteiger partial charge is 0.326 e. The van der Waals surface area contributed by atoms with E-state index in [1.165, 1.54) is 0 Å². The first-order chi connectivity index (χ1) is 9.31. The quantitative estimate of drug-likeness (QED) is 0.847. The van der Waals surface area contributed by atoms with E-state index in [0.717, 1.165) is 18.4 Å². The molecule has 1 aromatic carbocycles. The summed E-state index contributed by atoms with van der Waals surface area (Å²) in [5.41, 5.74) is 6.87. The van der Waals surface area contributed by atoms with Gasteiger partial charge in [-0.2, -0.15) is 0 Å². The van der Waals surface area contributed by atoms with Crippen LogP contribution in [-0.2, 0) is 10.0 Å². The minimum Gasteiger partial charge on any atom is -0.326 e. The van der Waals surface area contributed by atoms with Crippen LogP contribution in [-0.4, -0.2) is 21.0 Å². The highest BCUT2D eigenvalue weighted by molar-refractivity contribution is 7.89. The first-order valence-corrected chi connectivity index (χ1v) is 8.72. The predicted octanol–water partition coefficient (Wildman–Crippen LogP) is 2.48. The fourth-order valence-electron chi connectivity index (χ4n) is 2.06. The lowest BCUT2D eigenvalue weighted by atomic mass is 10.0. The zero-order chi connectivity index (χ0) is 14.9. The molecule has 1 aliphatic rings. The fraction of sp³-hybridized carbons (Fsp3) is 0.571. The number of hydrogen-bond acceptors (Lipinski definition) is 3. The molecule has 1 unspecified atom stereocenters. The number of rotatable bonds is 6. The molecular weight excluding hydrogens is 296 g/mol. The van der Waals surface area contributed by atoms with Crippen LogP contribution in [0.25, 0.3) is 0 Å². The summed E-state index contributed by atoms with van der Waals surface area (Å²) in [5, 5.41) is 0.238. The molecule has 2 rings (SSSR count). The second-order valence-corrected chi connectivity index (χ2v) is 7.84. The van der Waals surface area contributed by atoms with Crippen molar-refractivity contribution in [2.24, 2.45) is 11.7 Å². The number of halogens is 1. The summed E-state index contributed by atoms with van der Waals surface area (Å²) in [4.78, 5) is 0.133. The van der Waals surface area contributed by atoms with Crippen molar-refractivity contribution in [1.82, 2.24) is 4.72 Å². The van der Waals surface area contributed by atoms with Gasteiger partial charge in [0, 0.05) is 12.6 Å². The Balaban J connectivity index is 2.17. The van der Waals surface area contributed by atoms with Gasteiger partial charge in [0.1, 0.15) is 4.90 Å². The van der Waals surface area contributed by atoms with Crippen molar-refractivity contribution in [3.05, 3.63) is 28.8 Å². The predicted molar refractivity (Wildman–Crippen MR) is 81.4 cm³/mol. The first-order valence-electron chi connectivity index (χ1n) is 6.86. The minimum absolute atomic E-state index is 0.114. The number of benzene rings is 1. The maximum absolute atomic E-state index is 12.3. The van der Waals surface area contributed by atoms with Gasteiger partial charge in [-0.15, -0.1) is 0 Å². The first kappa shape index (κ1) is 15.8. The summed E-state index contributed by atoms with van der Waals surface area (Å²) in [6.07, 6.45) is 2.18. The van der Waals surface area contributed by atoms with Crippen molar-refractivity contribution in [2.45, 2.75) is 43.5 Å². The van der Waals surface area contributed by atoms with Crippen molar-refractivity contribution >= 4 is 21.6 Å². The summed E-state index contributed by atoms with van der Waals surface area (Å²) < 4.78 is 27.2. The lowest BCUT2D eigenvalue weighted by Crippen LogP contribution is -2.38. The minimum atomic E-state index is -3.61. The van der Waals surface area contributed by atoms with E-state index < -0.39 is 10.0 Å². The normalized spacial score (nSPS) is 17.4. The molecule has 6 heteroatoms. The maximum atomic E-state index is 12.3. The third-order valence-electron chi connectivity index (χ3n) is 3.65. The highest BCUT2D eigenvalue weighted by Crippen LogP contribution is 2.31. The van der Waals surface area contributed by atoms with Crippen LogP contribution in [0, 0.1) is 5.92 Å². The number of hydrogen-bond donors (Lipinski definition) is 2. The summed E-state index contributed by atoms with van der Waals surface area (Å²) >= 11 is 6.03. The Morgan fingerprint density at radius 1 is 1.40 bits per heavy atom. The molecule has 3 N–H and O–H groups in total. The summed E-state index contributed by atoms with van der Waals surface area (Å²) in [6.45, 7) is 4.28. The molecule has 1 fully saturated rings. The monoisotopic (exact) mass is 316 g/mol. The lowest BCUT2D eigenvalue weighted by Gasteiger charge is -2.14. The third-order valence-corrected chi connectivity index (χ3v) is 5.55. The molecule has 112 valence electrons. The van der Waals surface area contributed by atoms with E-state index in [1.54, 1.807) is 12.1 Å². The molecule has 0 aromatic heterocycles. The second kappa shape index (κ2) is 6.02. The molecule has 0 bridgehead atoms. The Kier molecular flexibility index (Phi) is 4.74. The van der Waals surface area contributed by atoms with Gasteiger partial charge in [0.2, 0.25) is 10.0 Å². The molecule has 0 amide bonds.